The third-order valence-electron chi connectivity index (χ3n) is 3.30. The van der Waals surface area contributed by atoms with Gasteiger partial charge in [0.1, 0.15) is 0 Å². The second-order valence-electron chi connectivity index (χ2n) is 4.48. The monoisotopic (exact) mass is 240 g/mol. The Morgan fingerprint density at radius 2 is 2.17 bits per heavy atom. The molecule has 0 spiro atoms. The number of H-pyrrole nitrogens is 1. The smallest absolute Gasteiger partial charge is 0.0704 e. The molecule has 3 rings (SSSR count). The summed E-state index contributed by atoms with van der Waals surface area (Å²) in [6.45, 7) is 0.636. The number of rotatable bonds is 3. The summed E-state index contributed by atoms with van der Waals surface area (Å²) in [6, 6.07) is 8.38. The molecule has 0 aliphatic carbocycles. The van der Waals surface area contributed by atoms with E-state index in [2.05, 4.69) is 52.3 Å². The van der Waals surface area contributed by atoms with Crippen molar-refractivity contribution < 1.29 is 0 Å². The van der Waals surface area contributed by atoms with E-state index in [0.717, 1.165) is 12.1 Å². The van der Waals surface area contributed by atoms with Crippen LogP contribution in [0, 0.1) is 0 Å². The summed E-state index contributed by atoms with van der Waals surface area (Å²) < 4.78 is 2.14. The second-order valence-corrected chi connectivity index (χ2v) is 4.48. The Balaban J connectivity index is 2.22. The van der Waals surface area contributed by atoms with Crippen LogP contribution in [0.1, 0.15) is 5.56 Å². The van der Waals surface area contributed by atoms with Gasteiger partial charge in [-0.3, -0.25) is 5.10 Å². The Labute approximate surface area is 105 Å². The second kappa shape index (κ2) is 4.31. The molecule has 0 atom stereocenters. The van der Waals surface area contributed by atoms with E-state index in [9.17, 15) is 0 Å². The van der Waals surface area contributed by atoms with Gasteiger partial charge in [0, 0.05) is 29.7 Å². The van der Waals surface area contributed by atoms with Crippen LogP contribution in [-0.4, -0.2) is 21.3 Å². The summed E-state index contributed by atoms with van der Waals surface area (Å²) in [7, 11) is 2.06. The highest BCUT2D eigenvalue weighted by molar-refractivity contribution is 5.95. The van der Waals surface area contributed by atoms with Gasteiger partial charge in [0.05, 0.1) is 11.9 Å². The van der Waals surface area contributed by atoms with E-state index in [1.165, 1.54) is 22.0 Å². The molecule has 2 heterocycles. The van der Waals surface area contributed by atoms with Crippen molar-refractivity contribution in [3.63, 3.8) is 0 Å². The largest absolute Gasteiger partial charge is 0.350 e. The Kier molecular flexibility index (Phi) is 2.64. The molecule has 0 amide bonds. The lowest BCUT2D eigenvalue weighted by molar-refractivity contribution is 0.963. The molecule has 4 heteroatoms. The standard InChI is InChI=1S/C14H16N4/c1-18-9-12(11-4-2-3-5-13(11)18)14-10(6-7-15)8-16-17-14/h2-5,8-9H,6-7,15H2,1H3,(H,16,17). The van der Waals surface area contributed by atoms with E-state index in [4.69, 9.17) is 5.73 Å². The zero-order valence-corrected chi connectivity index (χ0v) is 10.4. The number of hydrogen-bond acceptors (Lipinski definition) is 2. The van der Waals surface area contributed by atoms with Gasteiger partial charge in [-0.05, 0) is 24.6 Å². The van der Waals surface area contributed by atoms with Crippen LogP contribution in [0.5, 0.6) is 0 Å². The fourth-order valence-electron chi connectivity index (χ4n) is 2.43. The molecule has 0 fully saturated rings. The maximum atomic E-state index is 5.64. The number of hydrogen-bond donors (Lipinski definition) is 2. The molecule has 0 saturated carbocycles. The van der Waals surface area contributed by atoms with E-state index in [1.54, 1.807) is 0 Å². The quantitative estimate of drug-likeness (QED) is 0.736. The number of nitrogens with zero attached hydrogens (tertiary/aromatic N) is 2. The van der Waals surface area contributed by atoms with Crippen LogP contribution in [0.3, 0.4) is 0 Å². The molecule has 0 aliphatic heterocycles. The topological polar surface area (TPSA) is 59.6 Å². The van der Waals surface area contributed by atoms with E-state index >= 15 is 0 Å². The third kappa shape index (κ3) is 1.62. The van der Waals surface area contributed by atoms with Crippen LogP contribution in [0.15, 0.2) is 36.7 Å². The van der Waals surface area contributed by atoms with Gasteiger partial charge in [-0.1, -0.05) is 18.2 Å². The van der Waals surface area contributed by atoms with Gasteiger partial charge in [-0.25, -0.2) is 0 Å². The Morgan fingerprint density at radius 1 is 1.33 bits per heavy atom. The van der Waals surface area contributed by atoms with Crippen LogP contribution >= 0.6 is 0 Å². The fraction of sp³-hybridized carbons (Fsp3) is 0.214. The molecule has 0 bridgehead atoms. The van der Waals surface area contributed by atoms with Crippen LogP contribution in [0.4, 0.5) is 0 Å². The summed E-state index contributed by atoms with van der Waals surface area (Å²) >= 11 is 0. The van der Waals surface area contributed by atoms with E-state index < -0.39 is 0 Å². The zero-order chi connectivity index (χ0) is 12.5. The van der Waals surface area contributed by atoms with Gasteiger partial charge in [0.2, 0.25) is 0 Å². The van der Waals surface area contributed by atoms with Crippen LogP contribution < -0.4 is 5.73 Å². The maximum absolute atomic E-state index is 5.64. The first-order valence-electron chi connectivity index (χ1n) is 6.08. The first kappa shape index (κ1) is 11.0. The minimum absolute atomic E-state index is 0.636. The highest BCUT2D eigenvalue weighted by atomic mass is 15.1. The van der Waals surface area contributed by atoms with Crippen molar-refractivity contribution >= 4 is 10.9 Å². The minimum Gasteiger partial charge on any atom is -0.350 e. The molecule has 3 N–H and O–H groups in total. The molecular weight excluding hydrogens is 224 g/mol. The van der Waals surface area contributed by atoms with Crippen molar-refractivity contribution in [2.24, 2.45) is 12.8 Å². The molecule has 1 aromatic carbocycles. The van der Waals surface area contributed by atoms with Crippen LogP contribution in [0.2, 0.25) is 0 Å². The number of nitrogens with two attached hydrogens (primary N) is 1. The van der Waals surface area contributed by atoms with Crippen molar-refractivity contribution in [2.45, 2.75) is 6.42 Å². The molecule has 0 aliphatic rings. The number of aromatic amines is 1. The number of para-hydroxylation sites is 1. The Hall–Kier alpha value is -2.07. The Morgan fingerprint density at radius 3 is 3.00 bits per heavy atom. The maximum Gasteiger partial charge on any atom is 0.0704 e. The summed E-state index contributed by atoms with van der Waals surface area (Å²) in [5, 5.41) is 8.48. The predicted molar refractivity (Wildman–Crippen MR) is 73.3 cm³/mol. The summed E-state index contributed by atoms with van der Waals surface area (Å²) in [4.78, 5) is 0. The Bertz CT molecular complexity index is 678. The molecule has 2 aromatic heterocycles. The van der Waals surface area contributed by atoms with Crippen molar-refractivity contribution in [2.75, 3.05) is 6.54 Å². The fourth-order valence-corrected chi connectivity index (χ4v) is 2.43. The van der Waals surface area contributed by atoms with Crippen LogP contribution in [-0.2, 0) is 13.5 Å². The molecule has 0 unspecified atom stereocenters. The lowest BCUT2D eigenvalue weighted by atomic mass is 10.1. The highest BCUT2D eigenvalue weighted by Crippen LogP contribution is 2.30. The normalized spacial score (nSPS) is 11.2. The first-order valence-corrected chi connectivity index (χ1v) is 6.08. The predicted octanol–water partition coefficient (Wildman–Crippen LogP) is 2.07. The molecule has 18 heavy (non-hydrogen) atoms. The summed E-state index contributed by atoms with van der Waals surface area (Å²) in [5.41, 5.74) is 10.3. The number of aryl methyl sites for hydroxylation is 1. The summed E-state index contributed by atoms with van der Waals surface area (Å²) in [6.07, 6.45) is 4.84. The number of benzene rings is 1. The molecular formula is C14H16N4. The zero-order valence-electron chi connectivity index (χ0n) is 10.4. The van der Waals surface area contributed by atoms with Gasteiger partial charge >= 0.3 is 0 Å². The van der Waals surface area contributed by atoms with E-state index in [1.807, 2.05) is 6.20 Å². The van der Waals surface area contributed by atoms with E-state index in [0.29, 0.717) is 6.54 Å². The van der Waals surface area contributed by atoms with Crippen molar-refractivity contribution in [3.05, 3.63) is 42.2 Å². The molecule has 92 valence electrons. The number of nitrogens with one attached hydrogen (secondary N) is 1. The van der Waals surface area contributed by atoms with Gasteiger partial charge in [0.15, 0.2) is 0 Å². The highest BCUT2D eigenvalue weighted by Gasteiger charge is 2.12. The van der Waals surface area contributed by atoms with Crippen molar-refractivity contribution in [1.82, 2.24) is 14.8 Å². The van der Waals surface area contributed by atoms with Gasteiger partial charge in [-0.2, -0.15) is 5.10 Å². The van der Waals surface area contributed by atoms with Crippen molar-refractivity contribution in [1.29, 1.82) is 0 Å². The van der Waals surface area contributed by atoms with Gasteiger partial charge < -0.3 is 10.3 Å². The van der Waals surface area contributed by atoms with Crippen molar-refractivity contribution in [3.8, 4) is 11.3 Å². The van der Waals surface area contributed by atoms with Gasteiger partial charge in [-0.15, -0.1) is 0 Å². The number of aromatic nitrogens is 3. The van der Waals surface area contributed by atoms with Crippen LogP contribution in [0.25, 0.3) is 22.2 Å². The SMILES string of the molecule is Cn1cc(-c2[nH]ncc2CCN)c2ccccc21. The van der Waals surface area contributed by atoms with E-state index in [-0.39, 0.29) is 0 Å². The molecule has 0 radical (unpaired) electrons. The molecule has 4 nitrogen and oxygen atoms in total. The molecule has 3 aromatic rings. The minimum atomic E-state index is 0.636. The first-order chi connectivity index (χ1) is 8.81. The molecule has 0 saturated heterocycles. The van der Waals surface area contributed by atoms with Gasteiger partial charge in [0.25, 0.3) is 0 Å². The third-order valence-corrected chi connectivity index (χ3v) is 3.30. The lowest BCUT2D eigenvalue weighted by Gasteiger charge is -2.00. The summed E-state index contributed by atoms with van der Waals surface area (Å²) in [5.74, 6) is 0. The lowest BCUT2D eigenvalue weighted by Crippen LogP contribution is -2.02. The number of fused-ring (bicyclic) bond motifs is 1. The average molecular weight is 240 g/mol. The average Bonchev–Trinajstić information content (AvgIpc) is 2.96.